The number of carbonyl (C=O) groups is 2. The van der Waals surface area contributed by atoms with Crippen molar-refractivity contribution in [2.24, 2.45) is 5.92 Å². The minimum absolute atomic E-state index is 0. The number of aliphatic hydroxyl groups excluding tert-OH is 1. The molecule has 6 nitrogen and oxygen atoms in total. The Morgan fingerprint density at radius 1 is 0.600 bits per heavy atom. The molecule has 8 heteroatoms. The number of aliphatic hydroxyl groups is 1. The third-order valence-electron chi connectivity index (χ3n) is 7.60. The maximum absolute atomic E-state index is 12.9. The van der Waals surface area contributed by atoms with Crippen LogP contribution in [0.5, 0.6) is 0 Å². The summed E-state index contributed by atoms with van der Waals surface area (Å²) in [6.45, 7) is 3.84. The summed E-state index contributed by atoms with van der Waals surface area (Å²) in [4.78, 5) is 25.5. The number of hydrogen-bond acceptors (Lipinski definition) is 6. The van der Waals surface area contributed by atoms with Gasteiger partial charge < -0.3 is 9.29 Å². The second kappa shape index (κ2) is 31.1. The molecule has 0 saturated heterocycles. The summed E-state index contributed by atoms with van der Waals surface area (Å²) >= 11 is 0. The molecule has 1 N–H and O–H groups in total. The number of ketones is 1. The monoisotopic (exact) mass is 614 g/mol. The summed E-state index contributed by atoms with van der Waals surface area (Å²) in [5.74, 6) is -2.85. The fraction of sp³-hybridized carbons (Fsp3) is 0.938. The molecule has 0 fully saturated rings. The zero-order valence-electron chi connectivity index (χ0n) is 25.6. The number of hydrogen-bond donors (Lipinski definition) is 1. The Bertz CT molecular complexity index is 683. The van der Waals surface area contributed by atoms with E-state index >= 15 is 0 Å². The van der Waals surface area contributed by atoms with Crippen LogP contribution in [0, 0.1) is 5.92 Å². The molecule has 0 aromatic carbocycles. The van der Waals surface area contributed by atoms with Crippen molar-refractivity contribution in [3.63, 3.8) is 0 Å². The average molecular weight is 615 g/mol. The fourth-order valence-corrected chi connectivity index (χ4v) is 5.75. The Hall–Kier alpha value is 0.686. The third kappa shape index (κ3) is 27.5. The zero-order chi connectivity index (χ0) is 29.0. The van der Waals surface area contributed by atoms with E-state index in [-0.39, 0.29) is 63.6 Å². The van der Waals surface area contributed by atoms with E-state index in [9.17, 15) is 18.0 Å². The van der Waals surface area contributed by atoms with E-state index in [1.165, 1.54) is 103 Å². The molecule has 0 heterocycles. The van der Waals surface area contributed by atoms with Crippen LogP contribution in [0.25, 0.3) is 0 Å². The van der Waals surface area contributed by atoms with Gasteiger partial charge in [-0.3, -0.25) is 9.59 Å². The van der Waals surface area contributed by atoms with E-state index in [1.807, 2.05) is 0 Å². The van der Waals surface area contributed by atoms with Crippen LogP contribution in [0.1, 0.15) is 174 Å². The van der Waals surface area contributed by atoms with Crippen molar-refractivity contribution >= 4 is 73.3 Å². The molecule has 0 spiro atoms. The molecule has 1 atom stereocenters. The van der Waals surface area contributed by atoms with Gasteiger partial charge in [-0.15, -0.1) is 0 Å². The van der Waals surface area contributed by atoms with Gasteiger partial charge in [0.05, 0.1) is 6.61 Å². The molecule has 0 radical (unpaired) electrons. The predicted octanol–water partition coefficient (Wildman–Crippen LogP) is 8.18. The molecular weight excluding hydrogens is 552 g/mol. The van der Waals surface area contributed by atoms with Gasteiger partial charge in [-0.25, -0.2) is 0 Å². The molecule has 0 aromatic rings. The van der Waals surface area contributed by atoms with Gasteiger partial charge in [0.15, 0.2) is 0 Å². The van der Waals surface area contributed by atoms with Crippen molar-refractivity contribution < 1.29 is 27.3 Å². The van der Waals surface area contributed by atoms with Crippen LogP contribution in [-0.2, 0) is 23.9 Å². The summed E-state index contributed by atoms with van der Waals surface area (Å²) < 4.78 is 28.4. The van der Waals surface area contributed by atoms with Gasteiger partial charge in [-0.05, 0) is 12.8 Å². The Labute approximate surface area is 290 Å². The molecule has 0 aliphatic carbocycles. The van der Waals surface area contributed by atoms with Crippen molar-refractivity contribution in [1.29, 1.82) is 0 Å². The summed E-state index contributed by atoms with van der Waals surface area (Å²) in [7, 11) is -4.16. The number of carbonyl (C=O) groups excluding carboxylic acids is 2. The zero-order valence-corrected chi connectivity index (χ0v) is 26.4. The van der Waals surface area contributed by atoms with E-state index < -0.39 is 34.4 Å². The van der Waals surface area contributed by atoms with Gasteiger partial charge >= 0.3 is 67.5 Å². The molecule has 0 aliphatic rings. The van der Waals surface area contributed by atoms with E-state index in [0.29, 0.717) is 12.8 Å². The summed E-state index contributed by atoms with van der Waals surface area (Å²) in [6, 6.07) is 0. The average Bonchev–Trinajstić information content (AvgIpc) is 2.89. The molecule has 1 unspecified atom stereocenters. The van der Waals surface area contributed by atoms with Crippen LogP contribution in [0.3, 0.4) is 0 Å². The summed E-state index contributed by atoms with van der Waals surface area (Å²) in [6.07, 6.45) is 27.9. The summed E-state index contributed by atoms with van der Waals surface area (Å²) in [5, 5.41) is 8.92. The minimum atomic E-state index is -4.16. The van der Waals surface area contributed by atoms with Gasteiger partial charge in [-0.2, -0.15) is 8.42 Å². The first-order chi connectivity index (χ1) is 18.9. The van der Waals surface area contributed by atoms with E-state index in [1.54, 1.807) is 0 Å². The fourth-order valence-electron chi connectivity index (χ4n) is 5.07. The first kappa shape index (κ1) is 42.8. The van der Waals surface area contributed by atoms with Gasteiger partial charge in [0.2, 0.25) is 0 Å². The van der Waals surface area contributed by atoms with Gasteiger partial charge in [-0.1, -0.05) is 155 Å². The number of Topliss-reactive ketones (excluding diaryl/α,β-unsaturated/α-hetero) is 1. The van der Waals surface area contributed by atoms with Crippen molar-refractivity contribution in [1.82, 2.24) is 0 Å². The second-order valence-electron chi connectivity index (χ2n) is 11.4. The molecule has 0 saturated carbocycles. The Morgan fingerprint density at radius 2 is 0.950 bits per heavy atom. The predicted molar refractivity (Wildman–Crippen MR) is 169 cm³/mol. The molecule has 0 rings (SSSR count). The van der Waals surface area contributed by atoms with Crippen LogP contribution in [0.2, 0.25) is 0 Å². The molecule has 40 heavy (non-hydrogen) atoms. The van der Waals surface area contributed by atoms with Gasteiger partial charge in [0.25, 0.3) is 0 Å². The molecule has 234 valence electrons. The first-order valence-electron chi connectivity index (χ1n) is 16.5. The molecule has 0 bridgehead atoms. The standard InChI is InChI=1S/C32H62O6S.K.H/c1-3-5-7-9-11-13-14-15-16-17-19-20-22-24-26-30(32(35)38-39(36,37)29-28-33)31(34)27-25-23-21-18-12-10-8-6-4-2;;/h30,33H,3-29H2,1-2H3;;. The number of unbranched alkanes of at least 4 members (excludes halogenated alkanes) is 21. The Kier molecular flexibility index (Phi) is 33.3. The molecule has 0 aromatic heterocycles. The van der Waals surface area contributed by atoms with Crippen molar-refractivity contribution in [2.75, 3.05) is 12.4 Å². The molecule has 0 amide bonds. The SMILES string of the molecule is CCCCCCCCCCCCCCCCC(C(=O)CCCCCCCCCCC)C(=O)OS(=O)(=O)CCO.[KH]. The first-order valence-corrected chi connectivity index (χ1v) is 18.0. The quantitative estimate of drug-likeness (QED) is 0.0379. The number of rotatable bonds is 30. The van der Waals surface area contributed by atoms with Crippen molar-refractivity contribution in [2.45, 2.75) is 174 Å². The Balaban J connectivity index is 0. The molecular formula is C32H63KO6S. The van der Waals surface area contributed by atoms with Crippen LogP contribution in [0.15, 0.2) is 0 Å². The third-order valence-corrected chi connectivity index (χ3v) is 8.70. The van der Waals surface area contributed by atoms with Gasteiger partial charge in [0.1, 0.15) is 17.5 Å². The van der Waals surface area contributed by atoms with E-state index in [2.05, 4.69) is 18.0 Å². The van der Waals surface area contributed by atoms with Crippen molar-refractivity contribution in [3.8, 4) is 0 Å². The Morgan fingerprint density at radius 3 is 1.32 bits per heavy atom. The van der Waals surface area contributed by atoms with Gasteiger partial charge in [0, 0.05) is 6.42 Å². The van der Waals surface area contributed by atoms with Crippen molar-refractivity contribution in [3.05, 3.63) is 0 Å². The summed E-state index contributed by atoms with van der Waals surface area (Å²) in [5.41, 5.74) is 0. The topological polar surface area (TPSA) is 97.7 Å². The second-order valence-corrected chi connectivity index (χ2v) is 13.1. The maximum atomic E-state index is 12.9. The van der Waals surface area contributed by atoms with Crippen LogP contribution < -0.4 is 0 Å². The normalized spacial score (nSPS) is 12.2. The molecule has 0 aliphatic heterocycles. The van der Waals surface area contributed by atoms with Crippen LogP contribution >= 0.6 is 0 Å². The van der Waals surface area contributed by atoms with Crippen LogP contribution in [-0.4, -0.2) is 89.0 Å². The van der Waals surface area contributed by atoms with Crippen LogP contribution in [0.4, 0.5) is 0 Å². The van der Waals surface area contributed by atoms with E-state index in [4.69, 9.17) is 5.11 Å². The van der Waals surface area contributed by atoms with E-state index in [0.717, 1.165) is 38.5 Å².